The number of benzene rings is 4. The number of carbonyl (C=O) groups excluding carboxylic acids is 1. The Kier molecular flexibility index (Phi) is 5.11. The molecule has 0 bridgehead atoms. The Labute approximate surface area is 189 Å². The molecule has 1 amide bonds. The van der Waals surface area contributed by atoms with Crippen molar-refractivity contribution in [1.82, 2.24) is 0 Å². The second-order valence-corrected chi connectivity index (χ2v) is 9.02. The molecule has 1 aliphatic rings. The van der Waals surface area contributed by atoms with E-state index in [1.807, 2.05) is 36.1 Å². The van der Waals surface area contributed by atoms with Gasteiger partial charge in [-0.3, -0.25) is 4.79 Å². The number of fused-ring (bicyclic) bond motifs is 3. The van der Waals surface area contributed by atoms with Crippen molar-refractivity contribution in [1.29, 1.82) is 0 Å². The minimum absolute atomic E-state index is 0.00716. The predicted octanol–water partition coefficient (Wildman–Crippen LogP) is 7.12. The number of hydrogen-bond acceptors (Lipinski definition) is 1. The average Bonchev–Trinajstić information content (AvgIpc) is 2.78. The minimum Gasteiger partial charge on any atom is -0.308 e. The van der Waals surface area contributed by atoms with Crippen LogP contribution in [-0.2, 0) is 11.3 Å². The number of halogens is 2. The quantitative estimate of drug-likeness (QED) is 0.310. The fourth-order valence-corrected chi connectivity index (χ4v) is 4.88. The molecule has 5 rings (SSSR count). The zero-order valence-electron chi connectivity index (χ0n) is 17.1. The van der Waals surface area contributed by atoms with Crippen molar-refractivity contribution >= 4 is 38.3 Å². The number of amides is 1. The van der Waals surface area contributed by atoms with Gasteiger partial charge in [0.05, 0.1) is 6.54 Å². The molecule has 1 heterocycles. The number of hydrogen-bond donors (Lipinski definition) is 0. The summed E-state index contributed by atoms with van der Waals surface area (Å²) in [5.41, 5.74) is 4.69. The summed E-state index contributed by atoms with van der Waals surface area (Å²) < 4.78 is 15.7. The Bertz CT molecular complexity index is 1300. The molecular weight excluding hydrogens is 453 g/mol. The van der Waals surface area contributed by atoms with Crippen LogP contribution in [0.5, 0.6) is 0 Å². The standard InChI is InChI=1S/C27H21BrFNO/c1-17-6-8-18(9-7-17)16-30-25-13-10-19-4-2-3-5-21(19)27(25)23(15-26(30)31)22-14-20(28)11-12-24(22)29/h2-14,23H,15-16H2,1H3. The lowest BCUT2D eigenvalue weighted by Gasteiger charge is -2.35. The molecule has 0 radical (unpaired) electrons. The molecule has 0 aliphatic carbocycles. The Balaban J connectivity index is 1.70. The van der Waals surface area contributed by atoms with Crippen LogP contribution in [0, 0.1) is 12.7 Å². The third-order valence-electron chi connectivity index (χ3n) is 6.06. The van der Waals surface area contributed by atoms with Crippen LogP contribution in [0.4, 0.5) is 10.1 Å². The Morgan fingerprint density at radius 3 is 2.58 bits per heavy atom. The van der Waals surface area contributed by atoms with E-state index in [1.54, 1.807) is 12.1 Å². The first-order valence-corrected chi connectivity index (χ1v) is 11.1. The molecule has 1 atom stereocenters. The molecule has 0 saturated heterocycles. The van der Waals surface area contributed by atoms with Gasteiger partial charge in [-0.2, -0.15) is 0 Å². The van der Waals surface area contributed by atoms with E-state index in [2.05, 4.69) is 52.3 Å². The van der Waals surface area contributed by atoms with Crippen LogP contribution in [0.3, 0.4) is 0 Å². The monoisotopic (exact) mass is 473 g/mol. The van der Waals surface area contributed by atoms with Crippen molar-refractivity contribution in [3.63, 3.8) is 0 Å². The number of rotatable bonds is 3. The molecular formula is C27H21BrFNO. The third-order valence-corrected chi connectivity index (χ3v) is 6.55. The molecule has 0 aromatic heterocycles. The van der Waals surface area contributed by atoms with Gasteiger partial charge in [0.2, 0.25) is 5.91 Å². The van der Waals surface area contributed by atoms with Gasteiger partial charge in [-0.25, -0.2) is 4.39 Å². The van der Waals surface area contributed by atoms with Gasteiger partial charge < -0.3 is 4.90 Å². The summed E-state index contributed by atoms with van der Waals surface area (Å²) in [5.74, 6) is -0.611. The summed E-state index contributed by atoms with van der Waals surface area (Å²) in [6.45, 7) is 2.55. The maximum Gasteiger partial charge on any atom is 0.228 e. The van der Waals surface area contributed by atoms with Gasteiger partial charge in [0.15, 0.2) is 0 Å². The van der Waals surface area contributed by atoms with E-state index in [1.165, 1.54) is 11.6 Å². The van der Waals surface area contributed by atoms with Gasteiger partial charge in [0, 0.05) is 22.5 Å². The molecule has 31 heavy (non-hydrogen) atoms. The topological polar surface area (TPSA) is 20.3 Å². The van der Waals surface area contributed by atoms with E-state index in [-0.39, 0.29) is 24.1 Å². The zero-order chi connectivity index (χ0) is 21.5. The van der Waals surface area contributed by atoms with Crippen LogP contribution in [-0.4, -0.2) is 5.91 Å². The van der Waals surface area contributed by atoms with E-state index in [0.717, 1.165) is 32.1 Å². The smallest absolute Gasteiger partial charge is 0.228 e. The second kappa shape index (κ2) is 7.93. The highest BCUT2D eigenvalue weighted by Gasteiger charge is 2.35. The van der Waals surface area contributed by atoms with Gasteiger partial charge >= 0.3 is 0 Å². The van der Waals surface area contributed by atoms with E-state index in [0.29, 0.717) is 12.1 Å². The average molecular weight is 474 g/mol. The van der Waals surface area contributed by atoms with Gasteiger partial charge in [0.1, 0.15) is 5.82 Å². The lowest BCUT2D eigenvalue weighted by molar-refractivity contribution is -0.119. The van der Waals surface area contributed by atoms with Gasteiger partial charge in [-0.15, -0.1) is 0 Å². The van der Waals surface area contributed by atoms with Crippen molar-refractivity contribution in [3.8, 4) is 0 Å². The number of anilines is 1. The number of carbonyl (C=O) groups is 1. The van der Waals surface area contributed by atoms with Crippen LogP contribution in [0.15, 0.2) is 83.3 Å². The van der Waals surface area contributed by atoms with E-state index in [4.69, 9.17) is 0 Å². The molecule has 154 valence electrons. The first-order chi connectivity index (χ1) is 15.0. The molecule has 2 nitrogen and oxygen atoms in total. The van der Waals surface area contributed by atoms with Crippen LogP contribution in [0.25, 0.3) is 10.8 Å². The lowest BCUT2D eigenvalue weighted by atomic mass is 9.81. The summed E-state index contributed by atoms with van der Waals surface area (Å²) in [5, 5.41) is 2.15. The van der Waals surface area contributed by atoms with Crippen molar-refractivity contribution in [2.75, 3.05) is 4.90 Å². The van der Waals surface area contributed by atoms with Crippen LogP contribution in [0.2, 0.25) is 0 Å². The molecule has 1 aliphatic heterocycles. The summed E-state index contributed by atoms with van der Waals surface area (Å²) >= 11 is 3.47. The molecule has 0 spiro atoms. The van der Waals surface area contributed by atoms with E-state index < -0.39 is 0 Å². The van der Waals surface area contributed by atoms with E-state index >= 15 is 0 Å². The van der Waals surface area contributed by atoms with Crippen molar-refractivity contribution in [2.45, 2.75) is 25.8 Å². The summed E-state index contributed by atoms with van der Waals surface area (Å²) in [7, 11) is 0. The molecule has 0 fully saturated rings. The maximum atomic E-state index is 14.9. The summed E-state index contributed by atoms with van der Waals surface area (Å²) in [6.07, 6.45) is 0.236. The minimum atomic E-state index is -0.333. The second-order valence-electron chi connectivity index (χ2n) is 8.11. The highest BCUT2D eigenvalue weighted by Crippen LogP contribution is 2.45. The van der Waals surface area contributed by atoms with Crippen molar-refractivity contribution in [3.05, 3.63) is 111 Å². The fraction of sp³-hybridized carbons (Fsp3) is 0.148. The third kappa shape index (κ3) is 3.66. The van der Waals surface area contributed by atoms with Gasteiger partial charge in [0.25, 0.3) is 0 Å². The largest absolute Gasteiger partial charge is 0.308 e. The number of nitrogens with zero attached hydrogens (tertiary/aromatic N) is 1. The SMILES string of the molecule is Cc1ccc(CN2C(=O)CC(c3cc(Br)ccc3F)c3c2ccc2ccccc32)cc1. The van der Waals surface area contributed by atoms with Crippen LogP contribution in [0.1, 0.15) is 34.6 Å². The van der Waals surface area contributed by atoms with Crippen LogP contribution >= 0.6 is 15.9 Å². The molecule has 0 saturated carbocycles. The summed E-state index contributed by atoms with van der Waals surface area (Å²) in [4.78, 5) is 15.2. The first-order valence-electron chi connectivity index (χ1n) is 10.3. The maximum absolute atomic E-state index is 14.9. The highest BCUT2D eigenvalue weighted by atomic mass is 79.9. The van der Waals surface area contributed by atoms with E-state index in [9.17, 15) is 9.18 Å². The fourth-order valence-electron chi connectivity index (χ4n) is 4.50. The Morgan fingerprint density at radius 2 is 1.77 bits per heavy atom. The van der Waals surface area contributed by atoms with Crippen LogP contribution < -0.4 is 4.90 Å². The Morgan fingerprint density at radius 1 is 1.00 bits per heavy atom. The van der Waals surface area contributed by atoms with Gasteiger partial charge in [-0.1, -0.05) is 76.1 Å². The first kappa shape index (κ1) is 20.0. The number of aryl methyl sites for hydroxylation is 1. The molecule has 1 unspecified atom stereocenters. The van der Waals surface area contributed by atoms with Crippen molar-refractivity contribution < 1.29 is 9.18 Å². The molecule has 4 aromatic carbocycles. The lowest BCUT2D eigenvalue weighted by Crippen LogP contribution is -2.36. The molecule has 4 heteroatoms. The molecule has 0 N–H and O–H groups in total. The Hall–Kier alpha value is -2.98. The predicted molar refractivity (Wildman–Crippen MR) is 127 cm³/mol. The summed E-state index contributed by atoms with van der Waals surface area (Å²) in [6, 6.07) is 25.4. The van der Waals surface area contributed by atoms with Gasteiger partial charge in [-0.05, 0) is 58.7 Å². The normalized spacial score (nSPS) is 15.9. The van der Waals surface area contributed by atoms with Crippen molar-refractivity contribution in [2.24, 2.45) is 0 Å². The highest BCUT2D eigenvalue weighted by molar-refractivity contribution is 9.10. The molecule has 4 aromatic rings. The zero-order valence-corrected chi connectivity index (χ0v) is 18.7.